The molecule has 88 valence electrons. The van der Waals surface area contributed by atoms with E-state index in [2.05, 4.69) is 15.1 Å². The van der Waals surface area contributed by atoms with Crippen molar-refractivity contribution in [3.05, 3.63) is 52.8 Å². The molecule has 0 fully saturated rings. The van der Waals surface area contributed by atoms with Crippen molar-refractivity contribution in [3.8, 4) is 11.5 Å². The molecular formula is C11H7N5O2. The second-order valence-electron chi connectivity index (χ2n) is 3.57. The fourth-order valence-electron chi connectivity index (χ4n) is 1.64. The predicted molar refractivity (Wildman–Crippen MR) is 62.9 cm³/mol. The fraction of sp³-hybridized carbons (Fsp3) is 0. The lowest BCUT2D eigenvalue weighted by atomic mass is 10.3. The second kappa shape index (κ2) is 3.88. The summed E-state index contributed by atoms with van der Waals surface area (Å²) in [6.07, 6.45) is 3.23. The van der Waals surface area contributed by atoms with E-state index >= 15 is 0 Å². The van der Waals surface area contributed by atoms with Crippen LogP contribution in [-0.4, -0.2) is 24.5 Å². The highest BCUT2D eigenvalue weighted by Crippen LogP contribution is 2.20. The molecule has 0 aliphatic carbocycles. The van der Waals surface area contributed by atoms with E-state index < -0.39 is 4.92 Å². The Morgan fingerprint density at radius 1 is 1.22 bits per heavy atom. The highest BCUT2D eigenvalue weighted by molar-refractivity contribution is 5.63. The largest absolute Gasteiger partial charge is 0.313 e. The third-order valence-corrected chi connectivity index (χ3v) is 2.43. The lowest BCUT2D eigenvalue weighted by Crippen LogP contribution is -1.93. The zero-order chi connectivity index (χ0) is 12.5. The van der Waals surface area contributed by atoms with Gasteiger partial charge < -0.3 is 0 Å². The lowest BCUT2D eigenvalue weighted by Gasteiger charge is -1.91. The highest BCUT2D eigenvalue weighted by atomic mass is 16.6. The van der Waals surface area contributed by atoms with Gasteiger partial charge in [0.25, 0.3) is 0 Å². The maximum atomic E-state index is 10.9. The summed E-state index contributed by atoms with van der Waals surface area (Å²) in [6, 6.07) is 8.29. The normalized spacial score (nSPS) is 10.7. The van der Waals surface area contributed by atoms with Crippen LogP contribution in [0, 0.1) is 10.1 Å². The molecule has 0 saturated heterocycles. The molecule has 0 aromatic carbocycles. The molecule has 3 rings (SSSR count). The van der Waals surface area contributed by atoms with Crippen molar-refractivity contribution in [2.45, 2.75) is 0 Å². The van der Waals surface area contributed by atoms with Gasteiger partial charge in [-0.15, -0.1) is 5.10 Å². The predicted octanol–water partition coefficient (Wildman–Crippen LogP) is 1.70. The smallest absolute Gasteiger partial charge is 0.258 e. The van der Waals surface area contributed by atoms with Crippen LogP contribution in [0.5, 0.6) is 0 Å². The summed E-state index contributed by atoms with van der Waals surface area (Å²) in [5.74, 6) is 0.366. The average Bonchev–Trinajstić information content (AvgIpc) is 2.83. The number of hydrogen-bond donors (Lipinski definition) is 0. The van der Waals surface area contributed by atoms with Crippen LogP contribution < -0.4 is 0 Å². The summed E-state index contributed by atoms with van der Waals surface area (Å²) < 4.78 is 1.38. The van der Waals surface area contributed by atoms with Gasteiger partial charge in [-0.2, -0.15) is 4.98 Å². The topological polar surface area (TPSA) is 86.2 Å². The molecule has 0 unspecified atom stereocenters. The first-order valence-electron chi connectivity index (χ1n) is 5.17. The lowest BCUT2D eigenvalue weighted by molar-refractivity contribution is -0.383. The number of hydrogen-bond acceptors (Lipinski definition) is 5. The van der Waals surface area contributed by atoms with Gasteiger partial charge in [0.05, 0.1) is 4.92 Å². The van der Waals surface area contributed by atoms with E-state index in [9.17, 15) is 10.1 Å². The molecule has 0 spiro atoms. The molecule has 7 nitrogen and oxygen atoms in total. The number of nitro groups is 1. The molecule has 3 aromatic rings. The third-order valence-electron chi connectivity index (χ3n) is 2.43. The van der Waals surface area contributed by atoms with Crippen LogP contribution in [0.15, 0.2) is 42.7 Å². The van der Waals surface area contributed by atoms with Crippen LogP contribution >= 0.6 is 0 Å². The van der Waals surface area contributed by atoms with Crippen molar-refractivity contribution < 1.29 is 4.92 Å². The minimum atomic E-state index is -0.480. The zero-order valence-electron chi connectivity index (χ0n) is 9.09. The minimum absolute atomic E-state index is 0.0767. The Labute approximate surface area is 101 Å². The van der Waals surface area contributed by atoms with Gasteiger partial charge in [-0.3, -0.25) is 15.1 Å². The van der Waals surface area contributed by atoms with E-state index in [0.717, 1.165) is 0 Å². The van der Waals surface area contributed by atoms with Gasteiger partial charge in [0.2, 0.25) is 11.5 Å². The summed E-state index contributed by atoms with van der Waals surface area (Å²) in [5.41, 5.74) is 0.714. The van der Waals surface area contributed by atoms with Gasteiger partial charge >= 0.3 is 5.69 Å². The maximum absolute atomic E-state index is 10.9. The Kier molecular flexibility index (Phi) is 2.23. The third kappa shape index (κ3) is 1.58. The summed E-state index contributed by atoms with van der Waals surface area (Å²) in [6.45, 7) is 0. The number of pyridine rings is 2. The van der Waals surface area contributed by atoms with Crippen LogP contribution in [-0.2, 0) is 0 Å². The second-order valence-corrected chi connectivity index (χ2v) is 3.57. The van der Waals surface area contributed by atoms with Crippen molar-refractivity contribution >= 4 is 11.3 Å². The monoisotopic (exact) mass is 241 g/mol. The molecule has 7 heteroatoms. The van der Waals surface area contributed by atoms with Crippen molar-refractivity contribution in [1.82, 2.24) is 19.6 Å². The van der Waals surface area contributed by atoms with Crippen molar-refractivity contribution in [3.63, 3.8) is 0 Å². The van der Waals surface area contributed by atoms with Crippen molar-refractivity contribution in [1.29, 1.82) is 0 Å². The standard InChI is InChI=1S/C11H7N5O2/c17-16(18)9-5-3-7-15-11(9)13-10(14-15)8-4-1-2-6-12-8/h1-7H. The maximum Gasteiger partial charge on any atom is 0.313 e. The summed E-state index contributed by atoms with van der Waals surface area (Å²) >= 11 is 0. The van der Waals surface area contributed by atoms with E-state index in [0.29, 0.717) is 11.5 Å². The molecule has 0 N–H and O–H groups in total. The molecule has 0 atom stereocenters. The van der Waals surface area contributed by atoms with E-state index in [1.54, 1.807) is 30.6 Å². The van der Waals surface area contributed by atoms with Crippen LogP contribution in [0.25, 0.3) is 17.2 Å². The van der Waals surface area contributed by atoms with Gasteiger partial charge in [-0.1, -0.05) is 6.07 Å². The molecular weight excluding hydrogens is 234 g/mol. The molecule has 0 radical (unpaired) electrons. The quantitative estimate of drug-likeness (QED) is 0.503. The highest BCUT2D eigenvalue weighted by Gasteiger charge is 2.16. The first-order valence-corrected chi connectivity index (χ1v) is 5.17. The van der Waals surface area contributed by atoms with E-state index in [-0.39, 0.29) is 11.3 Å². The molecule has 0 saturated carbocycles. The van der Waals surface area contributed by atoms with Crippen molar-refractivity contribution in [2.24, 2.45) is 0 Å². The summed E-state index contributed by atoms with van der Waals surface area (Å²) in [5, 5.41) is 15.0. The molecule has 0 bridgehead atoms. The number of rotatable bonds is 2. The van der Waals surface area contributed by atoms with Crippen LogP contribution in [0.4, 0.5) is 5.69 Å². The molecule has 0 amide bonds. The first kappa shape index (κ1) is 10.3. The molecule has 3 aromatic heterocycles. The van der Waals surface area contributed by atoms with Crippen molar-refractivity contribution in [2.75, 3.05) is 0 Å². The molecule has 18 heavy (non-hydrogen) atoms. The summed E-state index contributed by atoms with van der Waals surface area (Å²) in [7, 11) is 0. The van der Waals surface area contributed by atoms with E-state index in [1.807, 2.05) is 6.07 Å². The molecule has 0 aliphatic heterocycles. The Morgan fingerprint density at radius 2 is 2.11 bits per heavy atom. The van der Waals surface area contributed by atoms with Crippen LogP contribution in [0.1, 0.15) is 0 Å². The molecule has 0 aliphatic rings. The van der Waals surface area contributed by atoms with Gasteiger partial charge in [-0.05, 0) is 18.2 Å². The first-order chi connectivity index (χ1) is 8.75. The van der Waals surface area contributed by atoms with Crippen LogP contribution in [0.3, 0.4) is 0 Å². The molecule has 3 heterocycles. The zero-order valence-corrected chi connectivity index (χ0v) is 9.09. The Balaban J connectivity index is 2.23. The van der Waals surface area contributed by atoms with E-state index in [1.165, 1.54) is 10.6 Å². The van der Waals surface area contributed by atoms with Crippen LogP contribution in [0.2, 0.25) is 0 Å². The number of nitrogens with zero attached hydrogens (tertiary/aromatic N) is 5. The van der Waals surface area contributed by atoms with Gasteiger partial charge in [0, 0.05) is 18.5 Å². The Morgan fingerprint density at radius 3 is 2.83 bits per heavy atom. The fourth-order valence-corrected chi connectivity index (χ4v) is 1.64. The van der Waals surface area contributed by atoms with Gasteiger partial charge in [-0.25, -0.2) is 4.52 Å². The Hall–Kier alpha value is -2.83. The van der Waals surface area contributed by atoms with E-state index in [4.69, 9.17) is 0 Å². The van der Waals surface area contributed by atoms with Gasteiger partial charge in [0.1, 0.15) is 5.69 Å². The average molecular weight is 241 g/mol. The number of fused-ring (bicyclic) bond motifs is 1. The SMILES string of the molecule is O=[N+]([O-])c1cccn2nc(-c3ccccn3)nc12. The summed E-state index contributed by atoms with van der Waals surface area (Å²) in [4.78, 5) is 18.7. The Bertz CT molecular complexity index is 723. The van der Waals surface area contributed by atoms with Gasteiger partial charge in [0.15, 0.2) is 0 Å². The minimum Gasteiger partial charge on any atom is -0.258 e. The number of aromatic nitrogens is 4.